The van der Waals surface area contributed by atoms with Gasteiger partial charge in [-0.05, 0) is 44.0 Å². The molecule has 0 spiro atoms. The summed E-state index contributed by atoms with van der Waals surface area (Å²) in [5, 5.41) is 18.9. The van der Waals surface area contributed by atoms with Crippen molar-refractivity contribution in [1.29, 1.82) is 0 Å². The smallest absolute Gasteiger partial charge is 0.341 e. The quantitative estimate of drug-likeness (QED) is 0.782. The Morgan fingerprint density at radius 3 is 2.75 bits per heavy atom. The van der Waals surface area contributed by atoms with Crippen molar-refractivity contribution >= 4 is 23.5 Å². The number of halogens is 1. The third-order valence-electron chi connectivity index (χ3n) is 4.55. The summed E-state index contributed by atoms with van der Waals surface area (Å²) in [5.41, 5.74) is 0.0415. The van der Waals surface area contributed by atoms with Crippen molar-refractivity contribution in [1.82, 2.24) is 4.90 Å². The molecule has 2 N–H and O–H groups in total. The highest BCUT2D eigenvalue weighted by atomic mass is 35.5. The highest BCUT2D eigenvalue weighted by molar-refractivity contribution is 6.30. The molecular weight excluding hydrogens is 334 g/mol. The van der Waals surface area contributed by atoms with Crippen LogP contribution in [0.5, 0.6) is 5.75 Å². The van der Waals surface area contributed by atoms with E-state index < -0.39 is 24.0 Å². The molecule has 1 aromatic carbocycles. The van der Waals surface area contributed by atoms with Crippen molar-refractivity contribution in [3.63, 3.8) is 0 Å². The molecule has 2 rings (SSSR count). The zero-order valence-corrected chi connectivity index (χ0v) is 14.4. The molecule has 0 aliphatic carbocycles. The van der Waals surface area contributed by atoms with Crippen molar-refractivity contribution in [2.24, 2.45) is 5.41 Å². The van der Waals surface area contributed by atoms with Crippen LogP contribution in [-0.4, -0.2) is 46.7 Å². The first-order valence-electron chi connectivity index (χ1n) is 7.95. The molecule has 0 aromatic heterocycles. The van der Waals surface area contributed by atoms with Crippen molar-refractivity contribution < 1.29 is 24.5 Å². The zero-order chi connectivity index (χ0) is 17.7. The van der Waals surface area contributed by atoms with Crippen LogP contribution >= 0.6 is 11.6 Å². The summed E-state index contributed by atoms with van der Waals surface area (Å²) in [6.45, 7) is 3.20. The number of carbonyl (C=O) groups is 2. The van der Waals surface area contributed by atoms with Gasteiger partial charge in [0.15, 0.2) is 6.61 Å². The Hall–Kier alpha value is -1.79. The number of piperidine rings is 1. The molecule has 1 saturated heterocycles. The van der Waals surface area contributed by atoms with E-state index in [1.165, 1.54) is 0 Å². The fourth-order valence-electron chi connectivity index (χ4n) is 3.17. The second kappa shape index (κ2) is 7.85. The largest absolute Gasteiger partial charge is 0.482 e. The molecule has 1 heterocycles. The topological polar surface area (TPSA) is 87.1 Å². The lowest BCUT2D eigenvalue weighted by molar-refractivity contribution is -0.153. The van der Waals surface area contributed by atoms with Gasteiger partial charge in [0.25, 0.3) is 0 Å². The molecule has 24 heavy (non-hydrogen) atoms. The molecule has 1 aliphatic rings. The van der Waals surface area contributed by atoms with Crippen LogP contribution < -0.4 is 4.74 Å². The summed E-state index contributed by atoms with van der Waals surface area (Å²) in [4.78, 5) is 24.4. The maximum atomic E-state index is 11.7. The highest BCUT2D eigenvalue weighted by Crippen LogP contribution is 2.35. The predicted molar refractivity (Wildman–Crippen MR) is 89.5 cm³/mol. The lowest BCUT2D eigenvalue weighted by Crippen LogP contribution is -2.47. The van der Waals surface area contributed by atoms with Gasteiger partial charge in [0.05, 0.1) is 5.41 Å². The van der Waals surface area contributed by atoms with Gasteiger partial charge in [-0.15, -0.1) is 0 Å². The summed E-state index contributed by atoms with van der Waals surface area (Å²) >= 11 is 6.05. The highest BCUT2D eigenvalue weighted by Gasteiger charge is 2.40. The van der Waals surface area contributed by atoms with Gasteiger partial charge in [0.1, 0.15) is 5.75 Å². The van der Waals surface area contributed by atoms with E-state index in [1.54, 1.807) is 18.2 Å². The van der Waals surface area contributed by atoms with Gasteiger partial charge in [-0.1, -0.05) is 18.5 Å². The van der Waals surface area contributed by atoms with Gasteiger partial charge in [-0.3, -0.25) is 9.69 Å². The van der Waals surface area contributed by atoms with E-state index in [9.17, 15) is 14.7 Å². The number of carboxylic acid groups (broad SMARTS) is 2. The molecule has 0 saturated carbocycles. The molecule has 1 atom stereocenters. The van der Waals surface area contributed by atoms with Gasteiger partial charge >= 0.3 is 11.9 Å². The van der Waals surface area contributed by atoms with Crippen LogP contribution in [0, 0.1) is 5.41 Å². The number of rotatable bonds is 7. The molecule has 132 valence electrons. The number of nitrogens with zero attached hydrogens (tertiary/aromatic N) is 1. The first-order valence-corrected chi connectivity index (χ1v) is 8.33. The van der Waals surface area contributed by atoms with E-state index in [0.717, 1.165) is 18.5 Å². The third kappa shape index (κ3) is 4.39. The first kappa shape index (κ1) is 18.5. The molecule has 6 nitrogen and oxygen atoms in total. The van der Waals surface area contributed by atoms with E-state index >= 15 is 0 Å². The minimum atomic E-state index is -1.05. The predicted octanol–water partition coefficient (Wildman–Crippen LogP) is 2.88. The molecular formula is C17H22ClNO5. The number of hydrogen-bond acceptors (Lipinski definition) is 4. The molecule has 0 bridgehead atoms. The monoisotopic (exact) mass is 355 g/mol. The summed E-state index contributed by atoms with van der Waals surface area (Å²) < 4.78 is 5.32. The van der Waals surface area contributed by atoms with Crippen LogP contribution in [0.2, 0.25) is 5.02 Å². The van der Waals surface area contributed by atoms with Crippen molar-refractivity contribution in [3.05, 3.63) is 28.8 Å². The van der Waals surface area contributed by atoms with E-state index in [4.69, 9.17) is 21.4 Å². The summed E-state index contributed by atoms with van der Waals surface area (Å²) in [5.74, 6) is -1.35. The van der Waals surface area contributed by atoms with Crippen LogP contribution in [0.15, 0.2) is 18.2 Å². The SMILES string of the molecule is CCC1(C(=O)O)CCCN(Cc2cc(Cl)ccc2OCC(=O)O)C1. The van der Waals surface area contributed by atoms with Crippen molar-refractivity contribution in [2.45, 2.75) is 32.7 Å². The summed E-state index contributed by atoms with van der Waals surface area (Å²) in [7, 11) is 0. The molecule has 1 aromatic rings. The maximum Gasteiger partial charge on any atom is 0.341 e. The number of carboxylic acids is 2. The van der Waals surface area contributed by atoms with E-state index in [0.29, 0.717) is 36.7 Å². The molecule has 1 aliphatic heterocycles. The van der Waals surface area contributed by atoms with E-state index in [1.807, 2.05) is 6.92 Å². The maximum absolute atomic E-state index is 11.7. The van der Waals surface area contributed by atoms with Crippen molar-refractivity contribution in [2.75, 3.05) is 19.7 Å². The van der Waals surface area contributed by atoms with E-state index in [-0.39, 0.29) is 0 Å². The average Bonchev–Trinajstić information content (AvgIpc) is 2.54. The van der Waals surface area contributed by atoms with Crippen LogP contribution in [-0.2, 0) is 16.1 Å². The Balaban J connectivity index is 2.16. The Kier molecular flexibility index (Phi) is 6.07. The number of benzene rings is 1. The van der Waals surface area contributed by atoms with Gasteiger partial charge in [-0.25, -0.2) is 4.79 Å². The summed E-state index contributed by atoms with van der Waals surface area (Å²) in [6.07, 6.45) is 2.07. The third-order valence-corrected chi connectivity index (χ3v) is 4.79. The van der Waals surface area contributed by atoms with Crippen LogP contribution in [0.25, 0.3) is 0 Å². The number of likely N-dealkylation sites (tertiary alicyclic amines) is 1. The molecule has 1 fully saturated rings. The summed E-state index contributed by atoms with van der Waals surface area (Å²) in [6, 6.07) is 5.03. The fraction of sp³-hybridized carbons (Fsp3) is 0.529. The van der Waals surface area contributed by atoms with Crippen LogP contribution in [0.3, 0.4) is 0 Å². The lowest BCUT2D eigenvalue weighted by atomic mass is 9.77. The standard InChI is InChI=1S/C17H22ClNO5/c1-2-17(16(22)23)6-3-7-19(11-17)9-12-8-13(18)4-5-14(12)24-10-15(20)21/h4-5,8H,2-3,6-7,9-11H2,1H3,(H,20,21)(H,22,23). The molecule has 0 radical (unpaired) electrons. The second-order valence-corrected chi connectivity index (χ2v) is 6.62. The Bertz CT molecular complexity index is 621. The molecule has 1 unspecified atom stereocenters. The zero-order valence-electron chi connectivity index (χ0n) is 13.6. The average molecular weight is 356 g/mol. The second-order valence-electron chi connectivity index (χ2n) is 6.19. The van der Waals surface area contributed by atoms with Gasteiger partial charge < -0.3 is 14.9 Å². The first-order chi connectivity index (χ1) is 11.4. The molecule has 7 heteroatoms. The molecule has 0 amide bonds. The fourth-order valence-corrected chi connectivity index (χ4v) is 3.36. The Morgan fingerprint density at radius 2 is 2.12 bits per heavy atom. The van der Waals surface area contributed by atoms with Gasteiger partial charge in [-0.2, -0.15) is 0 Å². The number of hydrogen-bond donors (Lipinski definition) is 2. The van der Waals surface area contributed by atoms with Gasteiger partial charge in [0, 0.05) is 23.7 Å². The number of aliphatic carboxylic acids is 2. The minimum Gasteiger partial charge on any atom is -0.482 e. The Labute approximate surface area is 146 Å². The number of ether oxygens (including phenoxy) is 1. The Morgan fingerprint density at radius 1 is 1.38 bits per heavy atom. The van der Waals surface area contributed by atoms with Gasteiger partial charge in [0.2, 0.25) is 0 Å². The minimum absolute atomic E-state index is 0.428. The van der Waals surface area contributed by atoms with E-state index in [2.05, 4.69) is 4.90 Å². The normalized spacial score (nSPS) is 21.4. The van der Waals surface area contributed by atoms with Crippen molar-refractivity contribution in [3.8, 4) is 5.75 Å². The van der Waals surface area contributed by atoms with Crippen LogP contribution in [0.1, 0.15) is 31.7 Å². The lowest BCUT2D eigenvalue weighted by Gasteiger charge is -2.39. The van der Waals surface area contributed by atoms with Crippen LogP contribution in [0.4, 0.5) is 0 Å².